The summed E-state index contributed by atoms with van der Waals surface area (Å²) in [5.41, 5.74) is 2.32. The zero-order valence-corrected chi connectivity index (χ0v) is 15.0. The molecule has 5 heteroatoms. The first-order chi connectivity index (χ1) is 12.2. The Labute approximate surface area is 152 Å². The van der Waals surface area contributed by atoms with Crippen LogP contribution in [0.1, 0.15) is 65.1 Å². The van der Waals surface area contributed by atoms with E-state index < -0.39 is 23.8 Å². The van der Waals surface area contributed by atoms with Gasteiger partial charge in [0.15, 0.2) is 0 Å². The lowest BCUT2D eigenvalue weighted by Crippen LogP contribution is -2.35. The molecule has 0 aromatic heterocycles. The van der Waals surface area contributed by atoms with Crippen molar-refractivity contribution in [2.75, 3.05) is 0 Å². The molecule has 1 aliphatic heterocycles. The van der Waals surface area contributed by atoms with Gasteiger partial charge in [0.05, 0.1) is 23.6 Å². The second kappa shape index (κ2) is 6.41. The number of fused-ring (bicyclic) bond motifs is 1. The number of hydrogen-bond donors (Lipinski definition) is 1. The van der Waals surface area contributed by atoms with Crippen molar-refractivity contribution < 1.29 is 19.5 Å². The lowest BCUT2D eigenvalue weighted by atomic mass is 9.86. The van der Waals surface area contributed by atoms with E-state index in [-0.39, 0.29) is 11.8 Å². The number of hydrogen-bond acceptors (Lipinski definition) is 3. The summed E-state index contributed by atoms with van der Waals surface area (Å²) in [5, 5.41) is 9.33. The summed E-state index contributed by atoms with van der Waals surface area (Å²) in [6.07, 6.45) is -0.333. The third-order valence-corrected chi connectivity index (χ3v) is 4.67. The van der Waals surface area contributed by atoms with Crippen LogP contribution in [0.5, 0.6) is 0 Å². The molecule has 0 saturated carbocycles. The molecule has 1 aliphatic rings. The van der Waals surface area contributed by atoms with E-state index >= 15 is 0 Å². The highest BCUT2D eigenvalue weighted by molar-refractivity contribution is 6.21. The Hall–Kier alpha value is -2.95. The van der Waals surface area contributed by atoms with Gasteiger partial charge >= 0.3 is 5.97 Å². The summed E-state index contributed by atoms with van der Waals surface area (Å²) in [7, 11) is 0. The molecule has 0 bridgehead atoms. The number of benzene rings is 2. The van der Waals surface area contributed by atoms with E-state index in [9.17, 15) is 19.5 Å². The van der Waals surface area contributed by atoms with Gasteiger partial charge in [0.25, 0.3) is 11.8 Å². The Balaban J connectivity index is 2.01. The van der Waals surface area contributed by atoms with Gasteiger partial charge < -0.3 is 5.11 Å². The molecule has 1 heterocycles. The molecule has 2 amide bonds. The van der Waals surface area contributed by atoms with Gasteiger partial charge in [-0.1, -0.05) is 57.2 Å². The number of imide groups is 1. The molecular formula is C21H21NO4. The average molecular weight is 351 g/mol. The van der Waals surface area contributed by atoms with Crippen molar-refractivity contribution in [3.8, 4) is 0 Å². The van der Waals surface area contributed by atoms with Crippen LogP contribution >= 0.6 is 0 Å². The van der Waals surface area contributed by atoms with E-state index in [1.165, 1.54) is 0 Å². The maximum atomic E-state index is 12.7. The third kappa shape index (κ3) is 3.12. The van der Waals surface area contributed by atoms with Crippen LogP contribution in [-0.4, -0.2) is 27.8 Å². The minimum Gasteiger partial charge on any atom is -0.481 e. The van der Waals surface area contributed by atoms with Crippen LogP contribution in [0.25, 0.3) is 0 Å². The highest BCUT2D eigenvalue weighted by Gasteiger charge is 2.41. The van der Waals surface area contributed by atoms with Crippen molar-refractivity contribution in [2.24, 2.45) is 0 Å². The van der Waals surface area contributed by atoms with Crippen LogP contribution in [-0.2, 0) is 10.2 Å². The first kappa shape index (κ1) is 17.9. The van der Waals surface area contributed by atoms with Crippen molar-refractivity contribution in [3.63, 3.8) is 0 Å². The predicted octanol–water partition coefficient (Wildman–Crippen LogP) is 3.80. The summed E-state index contributed by atoms with van der Waals surface area (Å²) in [5.74, 6) is -1.96. The average Bonchev–Trinajstić information content (AvgIpc) is 2.84. The first-order valence-corrected chi connectivity index (χ1v) is 8.49. The molecule has 2 aromatic carbocycles. The first-order valence-electron chi connectivity index (χ1n) is 8.49. The fourth-order valence-electron chi connectivity index (χ4n) is 3.22. The van der Waals surface area contributed by atoms with E-state index in [1.807, 2.05) is 12.1 Å². The van der Waals surface area contributed by atoms with E-state index in [0.717, 1.165) is 10.5 Å². The summed E-state index contributed by atoms with van der Waals surface area (Å²) >= 11 is 0. The molecule has 0 fully saturated rings. The van der Waals surface area contributed by atoms with Gasteiger partial charge in [0.2, 0.25) is 0 Å². The van der Waals surface area contributed by atoms with Crippen molar-refractivity contribution >= 4 is 17.8 Å². The lowest BCUT2D eigenvalue weighted by molar-refractivity contribution is -0.138. The Morgan fingerprint density at radius 3 is 1.88 bits per heavy atom. The van der Waals surface area contributed by atoms with E-state index in [1.54, 1.807) is 36.4 Å². The van der Waals surface area contributed by atoms with Crippen LogP contribution in [0.3, 0.4) is 0 Å². The summed E-state index contributed by atoms with van der Waals surface area (Å²) in [6.45, 7) is 6.25. The smallest absolute Gasteiger partial charge is 0.305 e. The standard InChI is InChI=1S/C21H21NO4/c1-21(2,3)14-10-8-13(9-11-14)17(12-18(23)24)22-19(25)15-6-4-5-7-16(15)20(22)26/h4-11,17H,12H2,1-3H3,(H,23,24)/t17-/m1/s1. The van der Waals surface area contributed by atoms with E-state index in [4.69, 9.17) is 0 Å². The zero-order chi connectivity index (χ0) is 19.1. The molecule has 3 rings (SSSR count). The molecule has 0 aliphatic carbocycles. The predicted molar refractivity (Wildman–Crippen MR) is 97.1 cm³/mol. The highest BCUT2D eigenvalue weighted by Crippen LogP contribution is 2.34. The van der Waals surface area contributed by atoms with Crippen molar-refractivity contribution in [1.82, 2.24) is 4.90 Å². The molecule has 0 saturated heterocycles. The van der Waals surface area contributed by atoms with Gasteiger partial charge in [-0.3, -0.25) is 19.3 Å². The van der Waals surface area contributed by atoms with Gasteiger partial charge in [-0.25, -0.2) is 0 Å². The van der Waals surface area contributed by atoms with Gasteiger partial charge in [-0.15, -0.1) is 0 Å². The minimum atomic E-state index is -1.06. The molecular weight excluding hydrogens is 330 g/mol. The molecule has 5 nitrogen and oxygen atoms in total. The number of rotatable bonds is 4. The Morgan fingerprint density at radius 2 is 1.46 bits per heavy atom. The van der Waals surface area contributed by atoms with Crippen LogP contribution < -0.4 is 0 Å². The number of carbonyl (C=O) groups is 3. The summed E-state index contributed by atoms with van der Waals surface area (Å²) < 4.78 is 0. The molecule has 134 valence electrons. The fraction of sp³-hybridized carbons (Fsp3) is 0.286. The maximum absolute atomic E-state index is 12.7. The topological polar surface area (TPSA) is 74.7 Å². The molecule has 0 radical (unpaired) electrons. The highest BCUT2D eigenvalue weighted by atomic mass is 16.4. The van der Waals surface area contributed by atoms with Crippen molar-refractivity contribution in [2.45, 2.75) is 38.6 Å². The Morgan fingerprint density at radius 1 is 0.962 bits per heavy atom. The number of carboxylic acids is 1. The molecule has 2 aromatic rings. The SMILES string of the molecule is CC(C)(C)c1ccc([C@@H](CC(=O)O)N2C(=O)c3ccccc3C2=O)cc1. The second-order valence-corrected chi connectivity index (χ2v) is 7.51. The number of amides is 2. The van der Waals surface area contributed by atoms with Gasteiger partial charge in [-0.2, -0.15) is 0 Å². The van der Waals surface area contributed by atoms with Crippen LogP contribution in [0.4, 0.5) is 0 Å². The maximum Gasteiger partial charge on any atom is 0.305 e. The van der Waals surface area contributed by atoms with Gasteiger partial charge in [0.1, 0.15) is 0 Å². The minimum absolute atomic E-state index is 0.0453. The molecule has 1 N–H and O–H groups in total. The zero-order valence-electron chi connectivity index (χ0n) is 15.0. The van der Waals surface area contributed by atoms with E-state index in [2.05, 4.69) is 20.8 Å². The van der Waals surface area contributed by atoms with Crippen molar-refractivity contribution in [3.05, 3.63) is 70.8 Å². The van der Waals surface area contributed by atoms with Crippen LogP contribution in [0.2, 0.25) is 0 Å². The second-order valence-electron chi connectivity index (χ2n) is 7.51. The van der Waals surface area contributed by atoms with E-state index in [0.29, 0.717) is 16.7 Å². The number of nitrogens with zero attached hydrogens (tertiary/aromatic N) is 1. The molecule has 0 unspecified atom stereocenters. The Bertz CT molecular complexity index is 843. The lowest BCUT2D eigenvalue weighted by Gasteiger charge is -2.26. The fourth-order valence-corrected chi connectivity index (χ4v) is 3.22. The summed E-state index contributed by atoms with van der Waals surface area (Å²) in [6, 6.07) is 13.2. The van der Waals surface area contributed by atoms with Gasteiger partial charge in [0, 0.05) is 0 Å². The normalized spacial score (nSPS) is 15.1. The molecule has 0 spiro atoms. The van der Waals surface area contributed by atoms with Crippen LogP contribution in [0.15, 0.2) is 48.5 Å². The number of aliphatic carboxylic acids is 1. The number of carboxylic acid groups (broad SMARTS) is 1. The van der Waals surface area contributed by atoms with Crippen LogP contribution in [0, 0.1) is 0 Å². The number of carbonyl (C=O) groups excluding carboxylic acids is 2. The monoisotopic (exact) mass is 351 g/mol. The molecule has 1 atom stereocenters. The third-order valence-electron chi connectivity index (χ3n) is 4.67. The summed E-state index contributed by atoms with van der Waals surface area (Å²) in [4.78, 5) is 38.0. The van der Waals surface area contributed by atoms with Crippen molar-refractivity contribution in [1.29, 1.82) is 0 Å². The molecule has 26 heavy (non-hydrogen) atoms. The van der Waals surface area contributed by atoms with Gasteiger partial charge in [-0.05, 0) is 28.7 Å². The Kier molecular flexibility index (Phi) is 4.40. The largest absolute Gasteiger partial charge is 0.481 e. The quantitative estimate of drug-likeness (QED) is 0.850.